The molecule has 1 N–H and O–H groups in total. The number of carboxylic acid groups (broad SMARTS) is 1. The molecular weight excluding hydrogens is 252 g/mol. The van der Waals surface area contributed by atoms with Crippen LogP contribution in [0.2, 0.25) is 0 Å². The quantitative estimate of drug-likeness (QED) is 0.869. The van der Waals surface area contributed by atoms with Crippen LogP contribution in [0.1, 0.15) is 49.5 Å². The van der Waals surface area contributed by atoms with Crippen molar-refractivity contribution >= 4 is 17.6 Å². The number of aliphatic carboxylic acids is 1. The van der Waals surface area contributed by atoms with Gasteiger partial charge >= 0.3 is 5.97 Å². The van der Waals surface area contributed by atoms with Crippen molar-refractivity contribution in [3.8, 4) is 0 Å². The lowest BCUT2D eigenvalue weighted by Gasteiger charge is -2.20. The number of carboxylic acids is 1. The highest BCUT2D eigenvalue weighted by molar-refractivity contribution is 5.86. The molecule has 2 aromatic heterocycles. The van der Waals surface area contributed by atoms with Crippen molar-refractivity contribution in [1.82, 2.24) is 9.38 Å². The van der Waals surface area contributed by atoms with Crippen LogP contribution in [0.4, 0.5) is 0 Å². The monoisotopic (exact) mass is 270 g/mol. The van der Waals surface area contributed by atoms with Gasteiger partial charge in [-0.2, -0.15) is 0 Å². The second kappa shape index (κ2) is 5.49. The third kappa shape index (κ3) is 2.46. The maximum absolute atomic E-state index is 10.7. The summed E-state index contributed by atoms with van der Waals surface area (Å²) in [5.41, 5.74) is 1.72. The maximum Gasteiger partial charge on any atom is 0.328 e. The summed E-state index contributed by atoms with van der Waals surface area (Å²) in [6, 6.07) is 5.94. The van der Waals surface area contributed by atoms with Gasteiger partial charge in [0.25, 0.3) is 0 Å². The number of pyridine rings is 1. The molecule has 0 radical (unpaired) electrons. The average Bonchev–Trinajstić information content (AvgIpc) is 2.85. The van der Waals surface area contributed by atoms with Crippen LogP contribution in [0.5, 0.6) is 0 Å². The molecule has 1 fully saturated rings. The lowest BCUT2D eigenvalue weighted by Crippen LogP contribution is -2.08. The van der Waals surface area contributed by atoms with Gasteiger partial charge < -0.3 is 9.51 Å². The average molecular weight is 270 g/mol. The molecule has 4 heteroatoms. The Kier molecular flexibility index (Phi) is 3.54. The minimum atomic E-state index is -0.943. The Morgan fingerprint density at radius 2 is 2.10 bits per heavy atom. The molecule has 0 unspecified atom stereocenters. The number of hydrogen-bond donors (Lipinski definition) is 1. The highest BCUT2D eigenvalue weighted by Crippen LogP contribution is 2.33. The Balaban J connectivity index is 2.05. The minimum Gasteiger partial charge on any atom is -0.478 e. The molecule has 4 nitrogen and oxygen atoms in total. The molecule has 1 aliphatic carbocycles. The normalized spacial score (nSPS) is 17.0. The topological polar surface area (TPSA) is 54.6 Å². The van der Waals surface area contributed by atoms with Gasteiger partial charge in [-0.1, -0.05) is 25.3 Å². The van der Waals surface area contributed by atoms with Gasteiger partial charge in [0.15, 0.2) is 0 Å². The van der Waals surface area contributed by atoms with Crippen LogP contribution in [-0.4, -0.2) is 20.5 Å². The van der Waals surface area contributed by atoms with Gasteiger partial charge in [-0.3, -0.25) is 0 Å². The minimum absolute atomic E-state index is 0.491. The molecule has 0 aliphatic heterocycles. The van der Waals surface area contributed by atoms with Crippen LogP contribution >= 0.6 is 0 Å². The first kappa shape index (κ1) is 12.9. The zero-order valence-electron chi connectivity index (χ0n) is 11.3. The second-order valence-electron chi connectivity index (χ2n) is 5.32. The summed E-state index contributed by atoms with van der Waals surface area (Å²) in [6.07, 6.45) is 10.9. The van der Waals surface area contributed by atoms with Gasteiger partial charge in [0, 0.05) is 18.2 Å². The van der Waals surface area contributed by atoms with E-state index in [0.717, 1.165) is 23.1 Å². The smallest absolute Gasteiger partial charge is 0.328 e. The van der Waals surface area contributed by atoms with Crippen LogP contribution in [0.3, 0.4) is 0 Å². The summed E-state index contributed by atoms with van der Waals surface area (Å²) in [5, 5.41) is 8.78. The van der Waals surface area contributed by atoms with E-state index in [2.05, 4.69) is 4.40 Å². The molecule has 0 atom stereocenters. The van der Waals surface area contributed by atoms with Crippen LogP contribution in [0.25, 0.3) is 11.6 Å². The summed E-state index contributed by atoms with van der Waals surface area (Å²) >= 11 is 0. The van der Waals surface area contributed by atoms with Crippen LogP contribution < -0.4 is 0 Å². The van der Waals surface area contributed by atoms with E-state index in [-0.39, 0.29) is 0 Å². The first-order valence-corrected chi connectivity index (χ1v) is 7.13. The summed E-state index contributed by atoms with van der Waals surface area (Å²) in [5.74, 6) is 0.622. The van der Waals surface area contributed by atoms with E-state index >= 15 is 0 Å². The van der Waals surface area contributed by atoms with E-state index < -0.39 is 5.97 Å². The first-order chi connectivity index (χ1) is 9.75. The third-order valence-electron chi connectivity index (χ3n) is 3.96. The number of fused-ring (bicyclic) bond motifs is 1. The fraction of sp³-hybridized carbons (Fsp3) is 0.375. The van der Waals surface area contributed by atoms with E-state index in [1.165, 1.54) is 32.1 Å². The number of imidazole rings is 1. The number of rotatable bonds is 3. The Hall–Kier alpha value is -2.10. The highest BCUT2D eigenvalue weighted by Gasteiger charge is 2.21. The van der Waals surface area contributed by atoms with E-state index in [1.54, 1.807) is 6.08 Å². The molecule has 104 valence electrons. The predicted molar refractivity (Wildman–Crippen MR) is 77.7 cm³/mol. The summed E-state index contributed by atoms with van der Waals surface area (Å²) in [6.45, 7) is 0. The number of aromatic nitrogens is 2. The summed E-state index contributed by atoms with van der Waals surface area (Å²) in [4.78, 5) is 15.4. The zero-order valence-corrected chi connectivity index (χ0v) is 11.3. The van der Waals surface area contributed by atoms with Crippen molar-refractivity contribution in [1.29, 1.82) is 0 Å². The molecule has 2 heterocycles. The molecule has 1 aliphatic rings. The van der Waals surface area contributed by atoms with Gasteiger partial charge in [-0.05, 0) is 31.1 Å². The molecule has 0 amide bonds. The molecule has 0 aromatic carbocycles. The predicted octanol–water partition coefficient (Wildman–Crippen LogP) is 3.48. The number of carbonyl (C=O) groups is 1. The lowest BCUT2D eigenvalue weighted by molar-refractivity contribution is -0.131. The highest BCUT2D eigenvalue weighted by atomic mass is 16.4. The third-order valence-corrected chi connectivity index (χ3v) is 3.96. The fourth-order valence-corrected chi connectivity index (χ4v) is 3.01. The van der Waals surface area contributed by atoms with E-state index in [0.29, 0.717) is 5.92 Å². The summed E-state index contributed by atoms with van der Waals surface area (Å²) in [7, 11) is 0. The lowest BCUT2D eigenvalue weighted by atomic mass is 9.89. The Bertz CT molecular complexity index is 652. The van der Waals surface area contributed by atoms with Gasteiger partial charge in [0.05, 0.1) is 11.2 Å². The van der Waals surface area contributed by atoms with Crippen molar-refractivity contribution in [2.45, 2.75) is 38.0 Å². The number of nitrogens with zero attached hydrogens (tertiary/aromatic N) is 2. The van der Waals surface area contributed by atoms with Crippen molar-refractivity contribution in [3.63, 3.8) is 0 Å². The van der Waals surface area contributed by atoms with E-state index in [9.17, 15) is 4.79 Å². The molecule has 2 aromatic rings. The van der Waals surface area contributed by atoms with Crippen LogP contribution in [-0.2, 0) is 4.79 Å². The molecule has 0 spiro atoms. The standard InChI is InChI=1S/C16H18N2O2/c19-15(20)10-9-13-14-8-4-5-11-18(14)16(17-13)12-6-2-1-3-7-12/h4-5,8-12H,1-3,6-7H2,(H,19,20)/b10-9+. The number of hydrogen-bond acceptors (Lipinski definition) is 2. The van der Waals surface area contributed by atoms with Gasteiger partial charge in [-0.15, -0.1) is 0 Å². The summed E-state index contributed by atoms with van der Waals surface area (Å²) < 4.78 is 2.11. The molecule has 1 saturated carbocycles. The van der Waals surface area contributed by atoms with E-state index in [1.807, 2.05) is 24.4 Å². The first-order valence-electron chi connectivity index (χ1n) is 7.13. The molecule has 0 bridgehead atoms. The largest absolute Gasteiger partial charge is 0.478 e. The fourth-order valence-electron chi connectivity index (χ4n) is 3.01. The Labute approximate surface area is 117 Å². The van der Waals surface area contributed by atoms with Gasteiger partial charge in [0.1, 0.15) is 5.82 Å². The maximum atomic E-state index is 10.7. The van der Waals surface area contributed by atoms with Crippen molar-refractivity contribution in [2.24, 2.45) is 0 Å². The Morgan fingerprint density at radius 3 is 2.85 bits per heavy atom. The molecule has 0 saturated heterocycles. The SMILES string of the molecule is O=C(O)/C=C/c1nc(C2CCCCC2)n2ccccc12. The van der Waals surface area contributed by atoms with E-state index in [4.69, 9.17) is 10.1 Å². The van der Waals surface area contributed by atoms with Crippen molar-refractivity contribution in [2.75, 3.05) is 0 Å². The van der Waals surface area contributed by atoms with Crippen molar-refractivity contribution in [3.05, 3.63) is 42.0 Å². The van der Waals surface area contributed by atoms with Crippen LogP contribution in [0, 0.1) is 0 Å². The van der Waals surface area contributed by atoms with Gasteiger partial charge in [0.2, 0.25) is 0 Å². The molecule has 3 rings (SSSR count). The van der Waals surface area contributed by atoms with Crippen LogP contribution in [0.15, 0.2) is 30.5 Å². The molecular formula is C16H18N2O2. The van der Waals surface area contributed by atoms with Crippen molar-refractivity contribution < 1.29 is 9.90 Å². The Morgan fingerprint density at radius 1 is 1.30 bits per heavy atom. The second-order valence-corrected chi connectivity index (χ2v) is 5.32. The van der Waals surface area contributed by atoms with Gasteiger partial charge in [-0.25, -0.2) is 9.78 Å². The zero-order chi connectivity index (χ0) is 13.9. The molecule has 20 heavy (non-hydrogen) atoms.